The predicted molar refractivity (Wildman–Crippen MR) is 80.2 cm³/mol. The Hall–Kier alpha value is -0.730. The summed E-state index contributed by atoms with van der Waals surface area (Å²) in [4.78, 5) is 1.60. The fraction of sp³-hybridized carbons (Fsp3) is 0.647. The monoisotopic (exact) mass is 294 g/mol. The summed E-state index contributed by atoms with van der Waals surface area (Å²) in [5.74, 6) is 3.53. The molecule has 3 aliphatic carbocycles. The van der Waals surface area contributed by atoms with Crippen LogP contribution in [0.2, 0.25) is 0 Å². The van der Waals surface area contributed by atoms with Gasteiger partial charge >= 0.3 is 0 Å². The number of halogens is 1. The molecule has 3 fully saturated rings. The fourth-order valence-corrected chi connectivity index (χ4v) is 4.58. The maximum absolute atomic E-state index is 5.84. The predicted octanol–water partition coefficient (Wildman–Crippen LogP) is -1.06. The van der Waals surface area contributed by atoms with E-state index in [1.807, 2.05) is 0 Å². The molecule has 0 unspecified atom stereocenters. The molecule has 0 spiro atoms. The Kier molecular flexibility index (Phi) is 4.98. The van der Waals surface area contributed by atoms with Gasteiger partial charge in [-0.3, -0.25) is 0 Å². The highest BCUT2D eigenvalue weighted by molar-refractivity contribution is 5.40. The Morgan fingerprint density at radius 1 is 1.00 bits per heavy atom. The highest BCUT2D eigenvalue weighted by Gasteiger charge is 2.45. The molecule has 2 nitrogen and oxygen atoms in total. The van der Waals surface area contributed by atoms with Crippen molar-refractivity contribution in [2.45, 2.75) is 31.6 Å². The standard InChI is InChI=1S/C17H26N2.ClH/c1-19(2)11-16-12-3-5-13(6-4-12)17(16)14-7-9-15(18)10-8-14;/h7-10,12-13,16-17H,3-6,11,18H2,1-2H3;1H/t12?,13?,16-,17+;/m0./s1. The number of nitrogens with two attached hydrogens (primary N) is 1. The lowest BCUT2D eigenvalue weighted by Gasteiger charge is -2.49. The summed E-state index contributed by atoms with van der Waals surface area (Å²) in [7, 11) is 4.59. The van der Waals surface area contributed by atoms with Gasteiger partial charge in [-0.1, -0.05) is 12.1 Å². The highest BCUT2D eigenvalue weighted by Crippen LogP contribution is 2.52. The quantitative estimate of drug-likeness (QED) is 0.684. The van der Waals surface area contributed by atoms with E-state index in [0.29, 0.717) is 0 Å². The minimum Gasteiger partial charge on any atom is -1.00 e. The molecule has 0 aromatic heterocycles. The Morgan fingerprint density at radius 2 is 1.55 bits per heavy atom. The first kappa shape index (κ1) is 15.7. The number of hydrogen-bond donors (Lipinski definition) is 2. The molecule has 2 bridgehead atoms. The Balaban J connectivity index is 0.00000147. The molecule has 112 valence electrons. The van der Waals surface area contributed by atoms with Crippen LogP contribution < -0.4 is 23.0 Å². The van der Waals surface area contributed by atoms with Crippen LogP contribution in [-0.4, -0.2) is 20.6 Å². The van der Waals surface area contributed by atoms with Crippen LogP contribution >= 0.6 is 0 Å². The van der Waals surface area contributed by atoms with Gasteiger partial charge in [-0.25, -0.2) is 0 Å². The van der Waals surface area contributed by atoms with Crippen LogP contribution in [0, 0.1) is 17.8 Å². The van der Waals surface area contributed by atoms with Gasteiger partial charge in [0.2, 0.25) is 0 Å². The molecular formula is C17H27ClN2. The first-order valence-electron chi connectivity index (χ1n) is 7.79. The Labute approximate surface area is 129 Å². The second kappa shape index (κ2) is 6.36. The van der Waals surface area contributed by atoms with E-state index in [9.17, 15) is 0 Å². The first-order chi connectivity index (χ1) is 9.15. The van der Waals surface area contributed by atoms with Gasteiger partial charge in [0.15, 0.2) is 0 Å². The number of fused-ring (bicyclic) bond motifs is 3. The number of hydrogen-bond acceptors (Lipinski definition) is 1. The first-order valence-corrected chi connectivity index (χ1v) is 7.79. The largest absolute Gasteiger partial charge is 1.00 e. The van der Waals surface area contributed by atoms with Crippen molar-refractivity contribution >= 4 is 5.69 Å². The van der Waals surface area contributed by atoms with Crippen LogP contribution in [-0.2, 0) is 0 Å². The van der Waals surface area contributed by atoms with E-state index in [2.05, 4.69) is 38.4 Å². The second-order valence-corrected chi connectivity index (χ2v) is 6.94. The molecule has 4 rings (SSSR count). The molecule has 0 amide bonds. The van der Waals surface area contributed by atoms with Gasteiger partial charge in [0.05, 0.1) is 20.6 Å². The fourth-order valence-electron chi connectivity index (χ4n) is 4.58. The molecule has 0 aliphatic heterocycles. The van der Waals surface area contributed by atoms with Crippen molar-refractivity contribution in [1.29, 1.82) is 0 Å². The van der Waals surface area contributed by atoms with E-state index < -0.39 is 0 Å². The molecular weight excluding hydrogens is 268 g/mol. The third-order valence-electron chi connectivity index (χ3n) is 5.36. The number of quaternary nitrogens is 1. The summed E-state index contributed by atoms with van der Waals surface area (Å²) in [6, 6.07) is 8.71. The van der Waals surface area contributed by atoms with Crippen molar-refractivity contribution in [3.8, 4) is 0 Å². The van der Waals surface area contributed by atoms with Crippen LogP contribution in [0.1, 0.15) is 37.2 Å². The molecule has 0 heterocycles. The van der Waals surface area contributed by atoms with Crippen LogP contribution in [0.5, 0.6) is 0 Å². The van der Waals surface area contributed by atoms with E-state index in [1.165, 1.54) is 37.8 Å². The third-order valence-corrected chi connectivity index (χ3v) is 5.36. The van der Waals surface area contributed by atoms with Crippen LogP contribution in [0.15, 0.2) is 24.3 Å². The molecule has 3 heteroatoms. The van der Waals surface area contributed by atoms with Gasteiger partial charge in [-0.2, -0.15) is 0 Å². The van der Waals surface area contributed by atoms with Crippen molar-refractivity contribution in [2.75, 3.05) is 26.4 Å². The van der Waals surface area contributed by atoms with Crippen molar-refractivity contribution in [3.63, 3.8) is 0 Å². The Bertz CT molecular complexity index is 421. The number of rotatable bonds is 3. The van der Waals surface area contributed by atoms with Gasteiger partial charge < -0.3 is 23.0 Å². The Morgan fingerprint density at radius 3 is 2.10 bits per heavy atom. The molecule has 0 saturated heterocycles. The molecule has 3 saturated carbocycles. The summed E-state index contributed by atoms with van der Waals surface area (Å²) < 4.78 is 0. The number of nitrogen functional groups attached to an aromatic ring is 1. The summed E-state index contributed by atoms with van der Waals surface area (Å²) in [6.07, 6.45) is 5.82. The second-order valence-electron chi connectivity index (χ2n) is 6.94. The topological polar surface area (TPSA) is 30.5 Å². The summed E-state index contributed by atoms with van der Waals surface area (Å²) >= 11 is 0. The number of benzene rings is 1. The highest BCUT2D eigenvalue weighted by atomic mass is 35.5. The molecule has 20 heavy (non-hydrogen) atoms. The number of nitrogens with one attached hydrogen (secondary N) is 1. The van der Waals surface area contributed by atoms with E-state index in [4.69, 9.17) is 5.73 Å². The minimum atomic E-state index is 0. The smallest absolute Gasteiger partial charge is 0.0804 e. The van der Waals surface area contributed by atoms with Gasteiger partial charge in [0, 0.05) is 11.6 Å². The SMILES string of the molecule is C[NH+](C)C[C@H]1C2CCC(CC2)[C@@H]1c1ccc(N)cc1.[Cl-]. The van der Waals surface area contributed by atoms with Gasteiger partial charge in [-0.15, -0.1) is 0 Å². The maximum Gasteiger partial charge on any atom is 0.0804 e. The lowest BCUT2D eigenvalue weighted by Crippen LogP contribution is -3.06. The number of anilines is 1. The van der Waals surface area contributed by atoms with E-state index in [0.717, 1.165) is 29.4 Å². The third kappa shape index (κ3) is 2.96. The molecule has 2 atom stereocenters. The van der Waals surface area contributed by atoms with E-state index >= 15 is 0 Å². The minimum absolute atomic E-state index is 0. The van der Waals surface area contributed by atoms with Crippen molar-refractivity contribution in [3.05, 3.63) is 29.8 Å². The molecule has 0 radical (unpaired) electrons. The summed E-state index contributed by atoms with van der Waals surface area (Å²) in [5, 5.41) is 0. The molecule has 3 aliphatic rings. The molecule has 3 N–H and O–H groups in total. The average molecular weight is 295 g/mol. The van der Waals surface area contributed by atoms with Crippen LogP contribution in [0.25, 0.3) is 0 Å². The van der Waals surface area contributed by atoms with Gasteiger partial charge in [-0.05, 0) is 61.1 Å². The molecule has 1 aromatic rings. The van der Waals surface area contributed by atoms with Crippen molar-refractivity contribution < 1.29 is 17.3 Å². The van der Waals surface area contributed by atoms with Gasteiger partial charge in [0.1, 0.15) is 0 Å². The zero-order valence-electron chi connectivity index (χ0n) is 12.6. The normalized spacial score (nSPS) is 32.1. The maximum atomic E-state index is 5.84. The van der Waals surface area contributed by atoms with E-state index in [-0.39, 0.29) is 12.4 Å². The van der Waals surface area contributed by atoms with E-state index in [1.54, 1.807) is 4.90 Å². The van der Waals surface area contributed by atoms with Gasteiger partial charge in [0.25, 0.3) is 0 Å². The lowest BCUT2D eigenvalue weighted by molar-refractivity contribution is -0.863. The van der Waals surface area contributed by atoms with Crippen molar-refractivity contribution in [2.24, 2.45) is 17.8 Å². The molecule has 1 aromatic carbocycles. The van der Waals surface area contributed by atoms with Crippen LogP contribution in [0.4, 0.5) is 5.69 Å². The van der Waals surface area contributed by atoms with Crippen molar-refractivity contribution in [1.82, 2.24) is 0 Å². The lowest BCUT2D eigenvalue weighted by atomic mass is 9.57. The zero-order chi connectivity index (χ0) is 13.4. The zero-order valence-corrected chi connectivity index (χ0v) is 13.4. The summed E-state index contributed by atoms with van der Waals surface area (Å²) in [6.45, 7) is 1.32. The van der Waals surface area contributed by atoms with Crippen LogP contribution in [0.3, 0.4) is 0 Å². The summed E-state index contributed by atoms with van der Waals surface area (Å²) in [5.41, 5.74) is 8.27. The average Bonchev–Trinajstić information content (AvgIpc) is 2.41.